The summed E-state index contributed by atoms with van der Waals surface area (Å²) < 4.78 is 10.7. The summed E-state index contributed by atoms with van der Waals surface area (Å²) in [5, 5.41) is 3.15. The molecule has 1 N–H and O–H groups in total. The predicted octanol–water partition coefficient (Wildman–Crippen LogP) is 1.90. The molecule has 1 aromatic carbocycles. The monoisotopic (exact) mass is 403 g/mol. The summed E-state index contributed by atoms with van der Waals surface area (Å²) in [6, 6.07) is 5.87. The summed E-state index contributed by atoms with van der Waals surface area (Å²) in [5.74, 6) is 5.54. The molecule has 4 saturated heterocycles. The zero-order chi connectivity index (χ0) is 18.9. The number of carbonyl (C=O) groups excluding carboxylic acids is 1. The molecule has 152 valence electrons. The zero-order valence-electron chi connectivity index (χ0n) is 16.3. The second kappa shape index (κ2) is 8.13. The first kappa shape index (κ1) is 18.6. The minimum atomic E-state index is -0.0247. The van der Waals surface area contributed by atoms with Crippen molar-refractivity contribution in [1.82, 2.24) is 15.1 Å². The zero-order valence-corrected chi connectivity index (χ0v) is 17.1. The third-order valence-corrected chi connectivity index (χ3v) is 7.69. The maximum absolute atomic E-state index is 12.6. The summed E-state index contributed by atoms with van der Waals surface area (Å²) >= 11 is 2.08. The van der Waals surface area contributed by atoms with E-state index < -0.39 is 0 Å². The molecule has 6 rings (SSSR count). The molecular weight excluding hydrogens is 374 g/mol. The lowest BCUT2D eigenvalue weighted by molar-refractivity contribution is -0.0104. The van der Waals surface area contributed by atoms with Crippen molar-refractivity contribution in [1.29, 1.82) is 0 Å². The van der Waals surface area contributed by atoms with E-state index in [0.29, 0.717) is 23.1 Å². The summed E-state index contributed by atoms with van der Waals surface area (Å²) in [6.07, 6.45) is 2.54. The first-order valence-corrected chi connectivity index (χ1v) is 11.6. The lowest BCUT2D eigenvalue weighted by atomic mass is 9.75. The topological polar surface area (TPSA) is 54.0 Å². The third-order valence-electron chi connectivity index (χ3n) is 6.74. The molecule has 4 fully saturated rings. The normalized spacial score (nSPS) is 31.7. The van der Waals surface area contributed by atoms with Crippen molar-refractivity contribution in [2.45, 2.75) is 18.9 Å². The molecule has 7 heteroatoms. The van der Waals surface area contributed by atoms with Crippen molar-refractivity contribution in [2.24, 2.45) is 11.8 Å². The fourth-order valence-corrected chi connectivity index (χ4v) is 6.11. The summed E-state index contributed by atoms with van der Waals surface area (Å²) in [6.45, 7) is 7.11. The number of hydrogen-bond donors (Lipinski definition) is 1. The van der Waals surface area contributed by atoms with Crippen molar-refractivity contribution in [3.8, 4) is 11.5 Å². The Morgan fingerprint density at radius 3 is 2.86 bits per heavy atom. The molecule has 1 unspecified atom stereocenters. The largest absolute Gasteiger partial charge is 0.454 e. The predicted molar refractivity (Wildman–Crippen MR) is 110 cm³/mol. The quantitative estimate of drug-likeness (QED) is 0.811. The maximum atomic E-state index is 12.6. The van der Waals surface area contributed by atoms with Gasteiger partial charge in [0.1, 0.15) is 0 Å². The van der Waals surface area contributed by atoms with Crippen molar-refractivity contribution in [3.63, 3.8) is 0 Å². The molecule has 1 amide bonds. The number of piperidine rings is 3. The van der Waals surface area contributed by atoms with Crippen molar-refractivity contribution < 1.29 is 14.3 Å². The molecule has 0 aliphatic carbocycles. The molecule has 0 radical (unpaired) electrons. The van der Waals surface area contributed by atoms with E-state index in [2.05, 4.69) is 26.9 Å². The Balaban J connectivity index is 1.14. The maximum Gasteiger partial charge on any atom is 0.251 e. The van der Waals surface area contributed by atoms with E-state index in [1.165, 1.54) is 57.1 Å². The molecule has 5 heterocycles. The molecular formula is C21H29N3O3S. The Morgan fingerprint density at radius 1 is 1.18 bits per heavy atom. The van der Waals surface area contributed by atoms with Crippen LogP contribution in [0.2, 0.25) is 0 Å². The average Bonchev–Trinajstić information content (AvgIpc) is 3.21. The molecule has 1 aromatic rings. The van der Waals surface area contributed by atoms with E-state index in [-0.39, 0.29) is 12.7 Å². The van der Waals surface area contributed by atoms with Gasteiger partial charge in [-0.05, 0) is 49.4 Å². The number of ether oxygens (including phenoxy) is 2. The number of carbonyl (C=O) groups is 1. The summed E-state index contributed by atoms with van der Waals surface area (Å²) in [7, 11) is 0. The van der Waals surface area contributed by atoms with E-state index in [4.69, 9.17) is 9.47 Å². The molecule has 4 atom stereocenters. The van der Waals surface area contributed by atoms with Gasteiger partial charge in [-0.15, -0.1) is 0 Å². The van der Waals surface area contributed by atoms with Gasteiger partial charge in [0.2, 0.25) is 6.79 Å². The van der Waals surface area contributed by atoms with Crippen LogP contribution in [0.25, 0.3) is 0 Å². The van der Waals surface area contributed by atoms with Crippen LogP contribution >= 0.6 is 11.8 Å². The molecule has 2 bridgehead atoms. The Bertz CT molecular complexity index is 725. The average molecular weight is 404 g/mol. The standard InChI is InChI=1S/C21H29N3O3S/c25-21(16-1-2-19-20(10-16)27-14-26-19)22-11-18-9-15-3-4-24(18)13-17(15)12-23-5-7-28-8-6-23/h1-2,10,15,17-18H,3-9,11-14H2,(H,22,25)/t15-,17+,18+/m1/s1. The molecule has 5 aliphatic rings. The van der Waals surface area contributed by atoms with Crippen LogP contribution in [0.4, 0.5) is 0 Å². The molecule has 0 spiro atoms. The highest BCUT2D eigenvalue weighted by Crippen LogP contribution is 2.37. The van der Waals surface area contributed by atoms with Crippen molar-refractivity contribution in [3.05, 3.63) is 23.8 Å². The number of rotatable bonds is 5. The SMILES string of the molecule is O=C(NC[C@@H]1C[C@H]2CCN1C[C@@H]2CN1CCSCC1)c1ccc2c(c1)OCO2. The summed E-state index contributed by atoms with van der Waals surface area (Å²) in [4.78, 5) is 17.9. The molecule has 28 heavy (non-hydrogen) atoms. The van der Waals surface area contributed by atoms with Gasteiger partial charge in [-0.2, -0.15) is 11.8 Å². The van der Waals surface area contributed by atoms with Crippen LogP contribution in [0.1, 0.15) is 23.2 Å². The van der Waals surface area contributed by atoms with Gasteiger partial charge in [0, 0.05) is 55.8 Å². The highest BCUT2D eigenvalue weighted by molar-refractivity contribution is 7.99. The van der Waals surface area contributed by atoms with E-state index in [9.17, 15) is 4.79 Å². The van der Waals surface area contributed by atoms with Gasteiger partial charge < -0.3 is 19.7 Å². The first-order chi connectivity index (χ1) is 13.8. The molecule has 6 nitrogen and oxygen atoms in total. The van der Waals surface area contributed by atoms with Gasteiger partial charge in [0.15, 0.2) is 11.5 Å². The van der Waals surface area contributed by atoms with Gasteiger partial charge >= 0.3 is 0 Å². The van der Waals surface area contributed by atoms with Crippen molar-refractivity contribution in [2.75, 3.05) is 57.6 Å². The minimum Gasteiger partial charge on any atom is -0.454 e. The number of fused-ring (bicyclic) bond motifs is 4. The van der Waals surface area contributed by atoms with Crippen LogP contribution in [-0.4, -0.2) is 79.3 Å². The van der Waals surface area contributed by atoms with Gasteiger partial charge in [0.25, 0.3) is 5.91 Å². The second-order valence-electron chi connectivity index (χ2n) is 8.38. The van der Waals surface area contributed by atoms with Crippen LogP contribution in [0.15, 0.2) is 18.2 Å². The van der Waals surface area contributed by atoms with Gasteiger partial charge in [0.05, 0.1) is 0 Å². The molecule has 5 aliphatic heterocycles. The van der Waals surface area contributed by atoms with Crippen LogP contribution in [0.5, 0.6) is 11.5 Å². The molecule has 0 aromatic heterocycles. The van der Waals surface area contributed by atoms with Gasteiger partial charge in [-0.3, -0.25) is 9.69 Å². The highest BCUT2D eigenvalue weighted by atomic mass is 32.2. The lowest BCUT2D eigenvalue weighted by Gasteiger charge is -2.51. The number of thioether (sulfide) groups is 1. The van der Waals surface area contributed by atoms with Crippen LogP contribution < -0.4 is 14.8 Å². The number of benzene rings is 1. The Kier molecular flexibility index (Phi) is 5.39. The Morgan fingerprint density at radius 2 is 2.04 bits per heavy atom. The van der Waals surface area contributed by atoms with E-state index in [0.717, 1.165) is 18.4 Å². The Labute approximate surface area is 170 Å². The van der Waals surface area contributed by atoms with Gasteiger partial charge in [-0.25, -0.2) is 0 Å². The van der Waals surface area contributed by atoms with E-state index in [1.807, 2.05) is 12.1 Å². The van der Waals surface area contributed by atoms with Crippen LogP contribution in [-0.2, 0) is 0 Å². The number of nitrogens with zero attached hydrogens (tertiary/aromatic N) is 2. The molecule has 0 saturated carbocycles. The third kappa shape index (κ3) is 3.84. The summed E-state index contributed by atoms with van der Waals surface area (Å²) in [5.41, 5.74) is 0.640. The number of nitrogens with one attached hydrogen (secondary N) is 1. The van der Waals surface area contributed by atoms with Crippen LogP contribution in [0, 0.1) is 11.8 Å². The minimum absolute atomic E-state index is 0.0247. The van der Waals surface area contributed by atoms with E-state index >= 15 is 0 Å². The Hall–Kier alpha value is -1.44. The lowest BCUT2D eigenvalue weighted by Crippen LogP contribution is -2.58. The van der Waals surface area contributed by atoms with Gasteiger partial charge in [-0.1, -0.05) is 0 Å². The van der Waals surface area contributed by atoms with E-state index in [1.54, 1.807) is 6.07 Å². The number of hydrogen-bond acceptors (Lipinski definition) is 6. The second-order valence-corrected chi connectivity index (χ2v) is 9.61. The first-order valence-electron chi connectivity index (χ1n) is 10.5. The highest BCUT2D eigenvalue weighted by Gasteiger charge is 2.40. The van der Waals surface area contributed by atoms with Crippen LogP contribution in [0.3, 0.4) is 0 Å². The smallest absolute Gasteiger partial charge is 0.251 e. The number of amides is 1. The van der Waals surface area contributed by atoms with Crippen molar-refractivity contribution >= 4 is 17.7 Å². The fourth-order valence-electron chi connectivity index (χ4n) is 5.13. The fraction of sp³-hybridized carbons (Fsp3) is 0.667.